The van der Waals surface area contributed by atoms with Crippen molar-refractivity contribution in [1.82, 2.24) is 5.32 Å². The molecular weight excluding hydrogens is 286 g/mol. The smallest absolute Gasteiger partial charge is 0.233 e. The van der Waals surface area contributed by atoms with Crippen molar-refractivity contribution in [3.63, 3.8) is 0 Å². The fourth-order valence-corrected chi connectivity index (χ4v) is 3.13. The molecule has 20 heavy (non-hydrogen) atoms. The Kier molecular flexibility index (Phi) is 5.68. The van der Waals surface area contributed by atoms with Crippen LogP contribution < -0.4 is 5.32 Å². The van der Waals surface area contributed by atoms with Crippen LogP contribution in [0.2, 0.25) is 0 Å². The Morgan fingerprint density at radius 1 is 1.20 bits per heavy atom. The Balaban J connectivity index is 1.82. The highest BCUT2D eigenvalue weighted by molar-refractivity contribution is 7.81. The van der Waals surface area contributed by atoms with Gasteiger partial charge in [-0.3, -0.25) is 4.79 Å². The van der Waals surface area contributed by atoms with Crippen LogP contribution in [0.15, 0.2) is 42.5 Å². The molecule has 0 radical (unpaired) electrons. The van der Waals surface area contributed by atoms with E-state index in [0.29, 0.717) is 13.0 Å². The minimum Gasteiger partial charge on any atom is -0.350 e. The summed E-state index contributed by atoms with van der Waals surface area (Å²) in [5.41, 5.74) is 1.13. The average molecular weight is 305 g/mol. The highest BCUT2D eigenvalue weighted by Crippen LogP contribution is 2.16. The summed E-state index contributed by atoms with van der Waals surface area (Å²) in [7, 11) is 0. The molecule has 1 aromatic heterocycles. The monoisotopic (exact) mass is 305 g/mol. The number of rotatable bonds is 6. The number of thiophene rings is 1. The molecule has 0 saturated carbocycles. The third kappa shape index (κ3) is 4.39. The molecule has 0 aliphatic rings. The van der Waals surface area contributed by atoms with Gasteiger partial charge in [0.1, 0.15) is 0 Å². The first-order valence-electron chi connectivity index (χ1n) is 6.76. The minimum absolute atomic E-state index is 0.0105. The lowest BCUT2D eigenvalue weighted by Crippen LogP contribution is -2.32. The van der Waals surface area contributed by atoms with Gasteiger partial charge >= 0.3 is 0 Å². The Labute approximate surface area is 129 Å². The van der Waals surface area contributed by atoms with Crippen LogP contribution >= 0.6 is 24.0 Å². The molecule has 1 amide bonds. The van der Waals surface area contributed by atoms with Crippen molar-refractivity contribution in [3.8, 4) is 0 Å². The summed E-state index contributed by atoms with van der Waals surface area (Å²) in [5, 5.41) is 2.65. The second-order valence-corrected chi connectivity index (χ2v) is 6.52. The Bertz CT molecular complexity index is 551. The van der Waals surface area contributed by atoms with E-state index in [1.54, 1.807) is 11.3 Å². The van der Waals surface area contributed by atoms with Crippen LogP contribution in [-0.4, -0.2) is 11.2 Å². The van der Waals surface area contributed by atoms with Crippen LogP contribution in [0.4, 0.5) is 0 Å². The Morgan fingerprint density at radius 2 is 1.90 bits per heavy atom. The highest BCUT2D eigenvalue weighted by Gasteiger charge is 2.14. The molecule has 0 bridgehead atoms. The maximum atomic E-state index is 12.0. The van der Waals surface area contributed by atoms with E-state index in [4.69, 9.17) is 0 Å². The number of benzene rings is 1. The van der Waals surface area contributed by atoms with Crippen molar-refractivity contribution in [2.24, 2.45) is 0 Å². The number of amides is 1. The quantitative estimate of drug-likeness (QED) is 0.786. The Hall–Kier alpha value is -1.26. The number of thiol groups is 1. The van der Waals surface area contributed by atoms with Crippen molar-refractivity contribution >= 4 is 29.9 Å². The third-order valence-corrected chi connectivity index (χ3v) is 4.72. The number of carbonyl (C=O) groups excluding carboxylic acids is 1. The summed E-state index contributed by atoms with van der Waals surface area (Å²) in [4.78, 5) is 14.6. The van der Waals surface area contributed by atoms with E-state index < -0.39 is 0 Å². The van der Waals surface area contributed by atoms with Crippen LogP contribution in [0.1, 0.15) is 22.2 Å². The number of carbonyl (C=O) groups is 1. The van der Waals surface area contributed by atoms with Gasteiger partial charge in [0.25, 0.3) is 0 Å². The van der Waals surface area contributed by atoms with Gasteiger partial charge in [0.05, 0.1) is 11.8 Å². The predicted octanol–water partition coefficient (Wildman–Crippen LogP) is 3.47. The van der Waals surface area contributed by atoms with E-state index in [9.17, 15) is 4.79 Å². The second-order valence-electron chi connectivity index (χ2n) is 4.64. The summed E-state index contributed by atoms with van der Waals surface area (Å²) in [5.74, 6) is -0.0105. The van der Waals surface area contributed by atoms with Gasteiger partial charge in [0, 0.05) is 9.75 Å². The van der Waals surface area contributed by atoms with Crippen molar-refractivity contribution in [2.75, 3.05) is 0 Å². The zero-order valence-corrected chi connectivity index (χ0v) is 13.2. The zero-order chi connectivity index (χ0) is 14.4. The van der Waals surface area contributed by atoms with Gasteiger partial charge in [-0.2, -0.15) is 12.6 Å². The molecule has 1 heterocycles. The van der Waals surface area contributed by atoms with Gasteiger partial charge in [0.15, 0.2) is 0 Å². The maximum Gasteiger partial charge on any atom is 0.233 e. The van der Waals surface area contributed by atoms with Gasteiger partial charge < -0.3 is 5.32 Å². The summed E-state index contributed by atoms with van der Waals surface area (Å²) in [6.07, 6.45) is 1.70. The first kappa shape index (κ1) is 15.1. The van der Waals surface area contributed by atoms with Crippen LogP contribution in [-0.2, 0) is 24.2 Å². The predicted molar refractivity (Wildman–Crippen MR) is 88.5 cm³/mol. The molecule has 0 saturated heterocycles. The fourth-order valence-electron chi connectivity index (χ4n) is 1.93. The molecule has 2 rings (SSSR count). The molecule has 1 atom stereocenters. The van der Waals surface area contributed by atoms with Crippen molar-refractivity contribution in [1.29, 1.82) is 0 Å². The van der Waals surface area contributed by atoms with E-state index in [1.807, 2.05) is 30.3 Å². The van der Waals surface area contributed by atoms with Gasteiger partial charge in [0.2, 0.25) is 5.91 Å². The second kappa shape index (κ2) is 7.50. The van der Waals surface area contributed by atoms with E-state index in [0.717, 1.165) is 12.0 Å². The average Bonchev–Trinajstić information content (AvgIpc) is 2.93. The summed E-state index contributed by atoms with van der Waals surface area (Å²) < 4.78 is 0. The minimum atomic E-state index is -0.303. The summed E-state index contributed by atoms with van der Waals surface area (Å²) in [6.45, 7) is 2.73. The Morgan fingerprint density at radius 3 is 2.55 bits per heavy atom. The number of aryl methyl sites for hydroxylation is 1. The standard InChI is InChI=1S/C16H19NOS2/c1-2-13-8-9-14(20-13)11-17-16(18)15(19)10-12-6-4-3-5-7-12/h3-9,15,19H,2,10-11H2,1H3,(H,17,18). The molecule has 1 aromatic carbocycles. The maximum absolute atomic E-state index is 12.0. The van der Waals surface area contributed by atoms with Crippen LogP contribution in [0, 0.1) is 0 Å². The first-order valence-corrected chi connectivity index (χ1v) is 8.09. The lowest BCUT2D eigenvalue weighted by molar-refractivity contribution is -0.120. The summed E-state index contributed by atoms with van der Waals surface area (Å²) >= 11 is 6.15. The van der Waals surface area contributed by atoms with Gasteiger partial charge in [-0.05, 0) is 30.5 Å². The molecule has 1 N–H and O–H groups in total. The molecule has 2 aromatic rings. The van der Waals surface area contributed by atoms with Gasteiger partial charge in [-0.25, -0.2) is 0 Å². The molecule has 0 fully saturated rings. The topological polar surface area (TPSA) is 29.1 Å². The molecule has 2 nitrogen and oxygen atoms in total. The van der Waals surface area contributed by atoms with Crippen LogP contribution in [0.25, 0.3) is 0 Å². The molecule has 0 spiro atoms. The van der Waals surface area contributed by atoms with Gasteiger partial charge in [-0.15, -0.1) is 11.3 Å². The van der Waals surface area contributed by atoms with Crippen LogP contribution in [0.3, 0.4) is 0 Å². The highest BCUT2D eigenvalue weighted by atomic mass is 32.1. The molecule has 1 unspecified atom stereocenters. The van der Waals surface area contributed by atoms with E-state index in [-0.39, 0.29) is 11.2 Å². The first-order chi connectivity index (χ1) is 9.69. The fraction of sp³-hybridized carbons (Fsp3) is 0.312. The number of hydrogen-bond donors (Lipinski definition) is 2. The molecule has 106 valence electrons. The lowest BCUT2D eigenvalue weighted by atomic mass is 10.1. The van der Waals surface area contributed by atoms with E-state index in [2.05, 4.69) is 37.0 Å². The van der Waals surface area contributed by atoms with Gasteiger partial charge in [-0.1, -0.05) is 37.3 Å². The third-order valence-electron chi connectivity index (χ3n) is 3.08. The number of hydrogen-bond acceptors (Lipinski definition) is 3. The van der Waals surface area contributed by atoms with Crippen molar-refractivity contribution < 1.29 is 4.79 Å². The molecule has 4 heteroatoms. The van der Waals surface area contributed by atoms with Crippen molar-refractivity contribution in [3.05, 3.63) is 57.8 Å². The number of nitrogens with one attached hydrogen (secondary N) is 1. The van der Waals surface area contributed by atoms with Crippen LogP contribution in [0.5, 0.6) is 0 Å². The van der Waals surface area contributed by atoms with E-state index >= 15 is 0 Å². The SMILES string of the molecule is CCc1ccc(CNC(=O)C(S)Cc2ccccc2)s1. The molecular formula is C16H19NOS2. The largest absolute Gasteiger partial charge is 0.350 e. The summed E-state index contributed by atoms with van der Waals surface area (Å²) in [6, 6.07) is 14.2. The zero-order valence-electron chi connectivity index (χ0n) is 11.5. The van der Waals surface area contributed by atoms with E-state index in [1.165, 1.54) is 9.75 Å². The molecule has 0 aliphatic carbocycles. The lowest BCUT2D eigenvalue weighted by Gasteiger charge is -2.11. The van der Waals surface area contributed by atoms with Crippen molar-refractivity contribution in [2.45, 2.75) is 31.6 Å². The normalized spacial score (nSPS) is 12.1. The molecule has 0 aliphatic heterocycles.